The fourth-order valence-corrected chi connectivity index (χ4v) is 1.80. The standard InChI is InChI=1S/C13H8ClN3O3/c1-8-3-2-4-10(5-8)20-12-9(6-15)7-16-13(14)11(12)17(18)19/h2-5,7H,1H3. The molecular formula is C13H8ClN3O3. The molecule has 7 heteroatoms. The number of benzene rings is 1. The molecule has 6 nitrogen and oxygen atoms in total. The van der Waals surface area contributed by atoms with Crippen LogP contribution in [0.4, 0.5) is 5.69 Å². The number of ether oxygens (including phenoxy) is 1. The van der Waals surface area contributed by atoms with E-state index in [0.717, 1.165) is 11.8 Å². The van der Waals surface area contributed by atoms with Gasteiger partial charge in [0.15, 0.2) is 0 Å². The van der Waals surface area contributed by atoms with Gasteiger partial charge in [-0.3, -0.25) is 10.1 Å². The minimum Gasteiger partial charge on any atom is -0.449 e. The Hall–Kier alpha value is -2.65. The van der Waals surface area contributed by atoms with E-state index in [-0.39, 0.29) is 16.5 Å². The summed E-state index contributed by atoms with van der Waals surface area (Å²) in [7, 11) is 0. The van der Waals surface area contributed by atoms with Crippen LogP contribution >= 0.6 is 11.6 Å². The van der Waals surface area contributed by atoms with E-state index in [1.54, 1.807) is 24.3 Å². The number of aryl methyl sites for hydroxylation is 1. The van der Waals surface area contributed by atoms with E-state index < -0.39 is 10.6 Å². The summed E-state index contributed by atoms with van der Waals surface area (Å²) in [4.78, 5) is 14.0. The topological polar surface area (TPSA) is 89.0 Å². The Balaban J connectivity index is 2.57. The Bertz CT molecular complexity index is 725. The molecule has 0 amide bonds. The maximum absolute atomic E-state index is 11.1. The minimum absolute atomic E-state index is 0.0531. The summed E-state index contributed by atoms with van der Waals surface area (Å²) >= 11 is 5.71. The first-order valence-electron chi connectivity index (χ1n) is 5.50. The number of halogens is 1. The van der Waals surface area contributed by atoms with E-state index in [4.69, 9.17) is 21.6 Å². The molecule has 0 radical (unpaired) electrons. The third-order valence-electron chi connectivity index (χ3n) is 2.47. The van der Waals surface area contributed by atoms with Crippen LogP contribution in [0.2, 0.25) is 5.15 Å². The molecule has 0 saturated carbocycles. The molecule has 0 N–H and O–H groups in total. The van der Waals surface area contributed by atoms with Gasteiger partial charge in [-0.25, -0.2) is 4.98 Å². The fraction of sp³-hybridized carbons (Fsp3) is 0.0769. The maximum Gasteiger partial charge on any atom is 0.349 e. The van der Waals surface area contributed by atoms with E-state index in [1.807, 2.05) is 13.0 Å². The Morgan fingerprint density at radius 3 is 2.85 bits per heavy atom. The van der Waals surface area contributed by atoms with Crippen molar-refractivity contribution < 1.29 is 9.66 Å². The molecule has 1 aromatic heterocycles. The molecule has 100 valence electrons. The van der Waals surface area contributed by atoms with Crippen molar-refractivity contribution in [3.8, 4) is 17.6 Å². The van der Waals surface area contributed by atoms with Gasteiger partial charge in [0.1, 0.15) is 17.4 Å². The highest BCUT2D eigenvalue weighted by Gasteiger charge is 2.26. The summed E-state index contributed by atoms with van der Waals surface area (Å²) in [6, 6.07) is 8.72. The van der Waals surface area contributed by atoms with E-state index in [9.17, 15) is 10.1 Å². The van der Waals surface area contributed by atoms with Crippen molar-refractivity contribution in [3.63, 3.8) is 0 Å². The Labute approximate surface area is 119 Å². The second-order valence-electron chi connectivity index (χ2n) is 3.93. The quantitative estimate of drug-likeness (QED) is 0.489. The molecule has 2 aromatic rings. The van der Waals surface area contributed by atoms with E-state index in [0.29, 0.717) is 5.75 Å². The summed E-state index contributed by atoms with van der Waals surface area (Å²) in [5.41, 5.74) is 0.346. The molecule has 0 bridgehead atoms. The molecule has 1 aromatic carbocycles. The highest BCUT2D eigenvalue weighted by molar-refractivity contribution is 6.31. The van der Waals surface area contributed by atoms with Gasteiger partial charge >= 0.3 is 5.69 Å². The number of pyridine rings is 1. The molecule has 0 spiro atoms. The van der Waals surface area contributed by atoms with Crippen LogP contribution in [-0.2, 0) is 0 Å². The van der Waals surface area contributed by atoms with Crippen molar-refractivity contribution in [1.29, 1.82) is 5.26 Å². The predicted octanol–water partition coefficient (Wildman–Crippen LogP) is 3.62. The van der Waals surface area contributed by atoms with Gasteiger partial charge in [0.25, 0.3) is 0 Å². The molecule has 0 unspecified atom stereocenters. The molecule has 2 rings (SSSR count). The predicted molar refractivity (Wildman–Crippen MR) is 71.9 cm³/mol. The zero-order valence-electron chi connectivity index (χ0n) is 10.3. The van der Waals surface area contributed by atoms with Crippen molar-refractivity contribution >= 4 is 17.3 Å². The lowest BCUT2D eigenvalue weighted by Crippen LogP contribution is -1.99. The average Bonchev–Trinajstić information content (AvgIpc) is 2.38. The summed E-state index contributed by atoms with van der Waals surface area (Å²) in [5.74, 6) is 0.176. The molecule has 1 heterocycles. The van der Waals surface area contributed by atoms with Crippen LogP contribution < -0.4 is 4.74 Å². The van der Waals surface area contributed by atoms with Crippen molar-refractivity contribution in [2.75, 3.05) is 0 Å². The Morgan fingerprint density at radius 2 is 2.25 bits per heavy atom. The van der Waals surface area contributed by atoms with Crippen LogP contribution in [0.1, 0.15) is 11.1 Å². The van der Waals surface area contributed by atoms with E-state index in [1.165, 1.54) is 0 Å². The fourth-order valence-electron chi connectivity index (χ4n) is 1.60. The number of hydrogen-bond acceptors (Lipinski definition) is 5. The van der Waals surface area contributed by atoms with Gasteiger partial charge in [0.2, 0.25) is 10.9 Å². The highest BCUT2D eigenvalue weighted by atomic mass is 35.5. The lowest BCUT2D eigenvalue weighted by atomic mass is 10.2. The first kappa shape index (κ1) is 13.8. The first-order chi connectivity index (χ1) is 9.52. The lowest BCUT2D eigenvalue weighted by Gasteiger charge is -2.08. The first-order valence-corrected chi connectivity index (χ1v) is 5.88. The van der Waals surface area contributed by atoms with Crippen molar-refractivity contribution in [3.05, 3.63) is 56.9 Å². The number of nitrogens with zero attached hydrogens (tertiary/aromatic N) is 3. The van der Waals surface area contributed by atoms with Crippen LogP contribution in [0.5, 0.6) is 11.5 Å². The van der Waals surface area contributed by atoms with Gasteiger partial charge in [-0.05, 0) is 24.6 Å². The number of nitriles is 1. The van der Waals surface area contributed by atoms with Gasteiger partial charge in [0.05, 0.1) is 11.1 Å². The monoisotopic (exact) mass is 289 g/mol. The lowest BCUT2D eigenvalue weighted by molar-refractivity contribution is -0.385. The van der Waals surface area contributed by atoms with Crippen LogP contribution in [0, 0.1) is 28.4 Å². The van der Waals surface area contributed by atoms with Gasteiger partial charge in [0, 0.05) is 0 Å². The van der Waals surface area contributed by atoms with Gasteiger partial charge in [-0.2, -0.15) is 5.26 Å². The van der Waals surface area contributed by atoms with Gasteiger partial charge in [-0.15, -0.1) is 0 Å². The smallest absolute Gasteiger partial charge is 0.349 e. The second kappa shape index (κ2) is 5.55. The molecule has 0 aliphatic rings. The van der Waals surface area contributed by atoms with Crippen LogP contribution in [-0.4, -0.2) is 9.91 Å². The van der Waals surface area contributed by atoms with E-state index >= 15 is 0 Å². The van der Waals surface area contributed by atoms with Gasteiger partial charge in [-0.1, -0.05) is 23.7 Å². The SMILES string of the molecule is Cc1cccc(Oc2c(C#N)cnc(Cl)c2[N+](=O)[O-])c1. The summed E-state index contributed by atoms with van der Waals surface area (Å²) in [6.45, 7) is 1.85. The molecule has 0 atom stereocenters. The van der Waals surface area contributed by atoms with Crippen LogP contribution in [0.3, 0.4) is 0 Å². The highest BCUT2D eigenvalue weighted by Crippen LogP contribution is 2.38. The minimum atomic E-state index is -0.721. The van der Waals surface area contributed by atoms with Gasteiger partial charge < -0.3 is 4.74 Å². The number of rotatable bonds is 3. The summed E-state index contributed by atoms with van der Waals surface area (Å²) in [6.07, 6.45) is 1.14. The Morgan fingerprint density at radius 1 is 1.50 bits per heavy atom. The molecule has 0 saturated heterocycles. The number of aromatic nitrogens is 1. The zero-order valence-corrected chi connectivity index (χ0v) is 11.1. The second-order valence-corrected chi connectivity index (χ2v) is 4.29. The molecule has 0 fully saturated rings. The third-order valence-corrected chi connectivity index (χ3v) is 2.75. The van der Waals surface area contributed by atoms with Crippen molar-refractivity contribution in [1.82, 2.24) is 4.98 Å². The van der Waals surface area contributed by atoms with Crippen LogP contribution in [0.15, 0.2) is 30.5 Å². The maximum atomic E-state index is 11.1. The van der Waals surface area contributed by atoms with Crippen LogP contribution in [0.25, 0.3) is 0 Å². The summed E-state index contributed by atoms with van der Waals surface area (Å²) < 4.78 is 5.47. The Kier molecular flexibility index (Phi) is 3.82. The summed E-state index contributed by atoms with van der Waals surface area (Å²) in [5, 5.41) is 19.7. The third kappa shape index (κ3) is 2.68. The molecular weight excluding hydrogens is 282 g/mol. The number of hydrogen-bond donors (Lipinski definition) is 0. The molecule has 0 aliphatic heterocycles. The average molecular weight is 290 g/mol. The molecule has 20 heavy (non-hydrogen) atoms. The normalized spacial score (nSPS) is 9.85. The van der Waals surface area contributed by atoms with Crippen molar-refractivity contribution in [2.45, 2.75) is 6.92 Å². The number of nitro groups is 1. The van der Waals surface area contributed by atoms with E-state index in [2.05, 4.69) is 4.98 Å². The largest absolute Gasteiger partial charge is 0.449 e. The zero-order chi connectivity index (χ0) is 14.7. The van der Waals surface area contributed by atoms with Crippen molar-refractivity contribution in [2.24, 2.45) is 0 Å². The molecule has 0 aliphatic carbocycles.